The van der Waals surface area contributed by atoms with Crippen LogP contribution in [-0.4, -0.2) is 51.6 Å². The highest BCUT2D eigenvalue weighted by Crippen LogP contribution is 2.18. The summed E-state index contributed by atoms with van der Waals surface area (Å²) < 4.78 is 4.54. The fourth-order valence-electron chi connectivity index (χ4n) is 0.880. The van der Waals surface area contributed by atoms with Gasteiger partial charge in [-0.05, 0) is 0 Å². The third-order valence-corrected chi connectivity index (χ3v) is 1.52. The summed E-state index contributed by atoms with van der Waals surface area (Å²) in [5.41, 5.74) is 0. The fourth-order valence-corrected chi connectivity index (χ4v) is 0.880. The van der Waals surface area contributed by atoms with Crippen molar-refractivity contribution in [1.82, 2.24) is 0 Å². The summed E-state index contributed by atoms with van der Waals surface area (Å²) in [5.74, 6) is 0. The molecule has 0 amide bonds. The second-order valence-electron chi connectivity index (χ2n) is 2.23. The van der Waals surface area contributed by atoms with E-state index in [9.17, 15) is 0 Å². The van der Waals surface area contributed by atoms with E-state index in [1.54, 1.807) is 0 Å². The molecule has 0 aromatic rings. The summed E-state index contributed by atoms with van der Waals surface area (Å²) in [6.07, 6.45) is -4.76. The minimum absolute atomic E-state index is 0.407. The van der Waals surface area contributed by atoms with Crippen LogP contribution < -0.4 is 0 Å². The predicted molar refractivity (Wildman–Crippen MR) is 41.3 cm³/mol. The van der Waals surface area contributed by atoms with Crippen molar-refractivity contribution >= 4 is 0 Å². The maximum Gasteiger partial charge on any atom is 0.184 e. The lowest BCUT2D eigenvalue weighted by molar-refractivity contribution is -0.132. The highest BCUT2D eigenvalue weighted by atomic mass is 16.6. The highest BCUT2D eigenvalue weighted by Gasteiger charge is 2.41. The van der Waals surface area contributed by atoms with Crippen molar-refractivity contribution in [1.29, 1.82) is 0 Å². The van der Waals surface area contributed by atoms with Crippen LogP contribution in [0.25, 0.3) is 0 Å². The SMILES string of the molecule is CC.OCC1OC(O)[C@H](O)[C@@H]1O. The van der Waals surface area contributed by atoms with Gasteiger partial charge in [-0.25, -0.2) is 0 Å². The van der Waals surface area contributed by atoms with Gasteiger partial charge in [-0.15, -0.1) is 0 Å². The molecule has 5 nitrogen and oxygen atoms in total. The predicted octanol–water partition coefficient (Wildman–Crippen LogP) is -1.56. The molecule has 0 spiro atoms. The van der Waals surface area contributed by atoms with E-state index in [4.69, 9.17) is 20.4 Å². The van der Waals surface area contributed by atoms with Crippen molar-refractivity contribution in [3.8, 4) is 0 Å². The number of hydrogen-bond acceptors (Lipinski definition) is 5. The van der Waals surface area contributed by atoms with E-state index in [2.05, 4.69) is 4.74 Å². The Morgan fingerprint density at radius 1 is 1.08 bits per heavy atom. The number of ether oxygens (including phenoxy) is 1. The molecule has 4 atom stereocenters. The molecule has 0 aliphatic carbocycles. The van der Waals surface area contributed by atoms with Crippen LogP contribution in [0, 0.1) is 0 Å². The molecule has 0 aromatic carbocycles. The molecule has 0 saturated carbocycles. The van der Waals surface area contributed by atoms with Crippen LogP contribution in [0.4, 0.5) is 0 Å². The Hall–Kier alpha value is -0.200. The molecule has 0 bridgehead atoms. The monoisotopic (exact) mass is 180 g/mol. The Morgan fingerprint density at radius 3 is 1.75 bits per heavy atom. The molecular weight excluding hydrogens is 164 g/mol. The number of hydrogen-bond donors (Lipinski definition) is 4. The molecule has 1 rings (SSSR count). The summed E-state index contributed by atoms with van der Waals surface area (Å²) in [6, 6.07) is 0. The first-order chi connectivity index (χ1) is 5.66. The van der Waals surface area contributed by atoms with Gasteiger partial charge in [0, 0.05) is 0 Å². The lowest BCUT2D eigenvalue weighted by atomic mass is 10.1. The van der Waals surface area contributed by atoms with Gasteiger partial charge < -0.3 is 25.2 Å². The lowest BCUT2D eigenvalue weighted by Crippen LogP contribution is -2.33. The average molecular weight is 180 g/mol. The van der Waals surface area contributed by atoms with Crippen molar-refractivity contribution in [2.75, 3.05) is 6.61 Å². The summed E-state index contributed by atoms with van der Waals surface area (Å²) >= 11 is 0. The Labute approximate surface area is 71.2 Å². The summed E-state index contributed by atoms with van der Waals surface area (Å²) in [6.45, 7) is 3.59. The molecule has 1 aliphatic heterocycles. The van der Waals surface area contributed by atoms with Gasteiger partial charge in [0.25, 0.3) is 0 Å². The van der Waals surface area contributed by atoms with Crippen molar-refractivity contribution < 1.29 is 25.2 Å². The van der Waals surface area contributed by atoms with Gasteiger partial charge in [0.1, 0.15) is 18.3 Å². The molecule has 1 heterocycles. The number of aliphatic hydroxyl groups excluding tert-OH is 4. The zero-order valence-electron chi connectivity index (χ0n) is 7.21. The molecule has 74 valence electrons. The van der Waals surface area contributed by atoms with E-state index in [-0.39, 0.29) is 0 Å². The summed E-state index contributed by atoms with van der Waals surface area (Å²) in [5, 5.41) is 35.0. The topological polar surface area (TPSA) is 90.2 Å². The Balaban J connectivity index is 0.000000561. The van der Waals surface area contributed by atoms with Crippen molar-refractivity contribution in [2.24, 2.45) is 0 Å². The highest BCUT2D eigenvalue weighted by molar-refractivity contribution is 4.84. The zero-order chi connectivity index (χ0) is 9.72. The number of aliphatic hydroxyl groups is 4. The molecule has 1 saturated heterocycles. The van der Waals surface area contributed by atoms with E-state index in [0.717, 1.165) is 0 Å². The minimum atomic E-state index is -1.38. The van der Waals surface area contributed by atoms with E-state index in [0.29, 0.717) is 0 Å². The minimum Gasteiger partial charge on any atom is -0.394 e. The molecule has 4 N–H and O–H groups in total. The standard InChI is InChI=1S/C5H10O5.C2H6/c6-1-2-3(7)4(8)5(9)10-2;1-2/h2-9H,1H2;1-2H3/t2?,3-,4-,5?;/m1./s1. The molecule has 1 fully saturated rings. The smallest absolute Gasteiger partial charge is 0.184 e. The third kappa shape index (κ3) is 2.40. The van der Waals surface area contributed by atoms with Gasteiger partial charge >= 0.3 is 0 Å². The van der Waals surface area contributed by atoms with Gasteiger partial charge in [0.05, 0.1) is 6.61 Å². The molecular formula is C7H16O5. The summed E-state index contributed by atoms with van der Waals surface area (Å²) in [4.78, 5) is 0. The Morgan fingerprint density at radius 2 is 1.58 bits per heavy atom. The summed E-state index contributed by atoms with van der Waals surface area (Å²) in [7, 11) is 0. The van der Waals surface area contributed by atoms with Gasteiger partial charge in [0.15, 0.2) is 6.29 Å². The third-order valence-electron chi connectivity index (χ3n) is 1.52. The van der Waals surface area contributed by atoms with Crippen molar-refractivity contribution in [2.45, 2.75) is 38.4 Å². The second-order valence-corrected chi connectivity index (χ2v) is 2.23. The molecule has 12 heavy (non-hydrogen) atoms. The van der Waals surface area contributed by atoms with Crippen LogP contribution in [0.5, 0.6) is 0 Å². The lowest BCUT2D eigenvalue weighted by Gasteiger charge is -2.09. The normalized spacial score (nSPS) is 40.5. The molecule has 0 radical (unpaired) electrons. The van der Waals surface area contributed by atoms with E-state index < -0.39 is 31.2 Å². The van der Waals surface area contributed by atoms with Gasteiger partial charge in [-0.3, -0.25) is 0 Å². The Bertz CT molecular complexity index is 118. The Kier molecular flexibility index (Phi) is 5.36. The molecule has 0 aromatic heterocycles. The van der Waals surface area contributed by atoms with Crippen LogP contribution in [0.15, 0.2) is 0 Å². The van der Waals surface area contributed by atoms with Crippen LogP contribution in [0.2, 0.25) is 0 Å². The van der Waals surface area contributed by atoms with E-state index in [1.165, 1.54) is 0 Å². The maximum absolute atomic E-state index is 8.93. The quantitative estimate of drug-likeness (QED) is 0.392. The first-order valence-corrected chi connectivity index (χ1v) is 3.97. The van der Waals surface area contributed by atoms with E-state index >= 15 is 0 Å². The van der Waals surface area contributed by atoms with E-state index in [1.807, 2.05) is 13.8 Å². The maximum atomic E-state index is 8.93. The van der Waals surface area contributed by atoms with Crippen LogP contribution >= 0.6 is 0 Å². The molecule has 2 unspecified atom stereocenters. The van der Waals surface area contributed by atoms with Crippen LogP contribution in [0.1, 0.15) is 13.8 Å². The second kappa shape index (κ2) is 5.45. The van der Waals surface area contributed by atoms with Crippen LogP contribution in [0.3, 0.4) is 0 Å². The largest absolute Gasteiger partial charge is 0.394 e. The van der Waals surface area contributed by atoms with Crippen LogP contribution in [-0.2, 0) is 4.74 Å². The zero-order valence-corrected chi connectivity index (χ0v) is 7.21. The van der Waals surface area contributed by atoms with Gasteiger partial charge in [-0.1, -0.05) is 13.8 Å². The molecule has 5 heteroatoms. The first kappa shape index (κ1) is 11.8. The van der Waals surface area contributed by atoms with Gasteiger partial charge in [0.2, 0.25) is 0 Å². The fraction of sp³-hybridized carbons (Fsp3) is 1.00. The van der Waals surface area contributed by atoms with Crippen molar-refractivity contribution in [3.63, 3.8) is 0 Å². The average Bonchev–Trinajstić information content (AvgIpc) is 2.36. The first-order valence-electron chi connectivity index (χ1n) is 3.97. The number of rotatable bonds is 1. The molecule has 1 aliphatic rings. The van der Waals surface area contributed by atoms with Crippen molar-refractivity contribution in [3.05, 3.63) is 0 Å². The van der Waals surface area contributed by atoms with Gasteiger partial charge in [-0.2, -0.15) is 0 Å².